The fourth-order valence-corrected chi connectivity index (χ4v) is 2.64. The van der Waals surface area contributed by atoms with Crippen LogP contribution in [0.4, 0.5) is 11.4 Å². The molecule has 4 heteroatoms. The van der Waals surface area contributed by atoms with Crippen molar-refractivity contribution in [1.29, 1.82) is 0 Å². The number of rotatable bonds is 2. The van der Waals surface area contributed by atoms with E-state index in [0.29, 0.717) is 5.92 Å². The highest BCUT2D eigenvalue weighted by atomic mass is 16.3. The van der Waals surface area contributed by atoms with Crippen LogP contribution < -0.4 is 10.6 Å². The molecule has 1 aromatic heterocycles. The van der Waals surface area contributed by atoms with Crippen LogP contribution in [0.5, 0.6) is 0 Å². The van der Waals surface area contributed by atoms with Gasteiger partial charge in [-0.15, -0.1) is 0 Å². The Hall–Kier alpha value is -1.81. The Morgan fingerprint density at radius 1 is 1.39 bits per heavy atom. The van der Waals surface area contributed by atoms with Crippen LogP contribution in [0.2, 0.25) is 0 Å². The Morgan fingerprint density at radius 3 is 3.06 bits per heavy atom. The number of hydrogen-bond acceptors (Lipinski definition) is 4. The first kappa shape index (κ1) is 11.3. The highest BCUT2D eigenvalue weighted by Gasteiger charge is 2.23. The minimum absolute atomic E-state index is 0.255. The van der Waals surface area contributed by atoms with Crippen molar-refractivity contribution in [3.8, 4) is 0 Å². The molecule has 0 aliphatic carbocycles. The first-order valence-electron chi connectivity index (χ1n) is 6.28. The van der Waals surface area contributed by atoms with Gasteiger partial charge in [0.25, 0.3) is 0 Å². The number of aliphatic hydroxyl groups excluding tert-OH is 1. The number of aromatic nitrogens is 1. The summed E-state index contributed by atoms with van der Waals surface area (Å²) in [7, 11) is 0. The summed E-state index contributed by atoms with van der Waals surface area (Å²) in [6, 6.07) is 7.95. The maximum absolute atomic E-state index is 9.20. The summed E-state index contributed by atoms with van der Waals surface area (Å²) in [5.74, 6) is 0.369. The van der Waals surface area contributed by atoms with Gasteiger partial charge in [0, 0.05) is 37.2 Å². The molecule has 4 nitrogen and oxygen atoms in total. The minimum atomic E-state index is 0.255. The molecule has 18 heavy (non-hydrogen) atoms. The number of aliphatic hydroxyl groups is 1. The predicted molar refractivity (Wildman–Crippen MR) is 73.6 cm³/mol. The zero-order chi connectivity index (χ0) is 12.5. The summed E-state index contributed by atoms with van der Waals surface area (Å²) >= 11 is 0. The molecule has 3 N–H and O–H groups in total. The van der Waals surface area contributed by atoms with E-state index in [1.807, 2.05) is 24.3 Å². The average Bonchev–Trinajstić information content (AvgIpc) is 2.88. The van der Waals surface area contributed by atoms with Gasteiger partial charge < -0.3 is 15.7 Å². The second-order valence-corrected chi connectivity index (χ2v) is 4.85. The van der Waals surface area contributed by atoms with E-state index in [1.54, 1.807) is 6.20 Å². The van der Waals surface area contributed by atoms with Crippen LogP contribution in [-0.2, 0) is 0 Å². The van der Waals surface area contributed by atoms with E-state index >= 15 is 0 Å². The molecule has 1 aliphatic rings. The van der Waals surface area contributed by atoms with Crippen molar-refractivity contribution in [2.75, 3.05) is 30.3 Å². The molecule has 1 aliphatic heterocycles. The molecule has 94 valence electrons. The molecule has 0 saturated carbocycles. The molecule has 1 atom stereocenters. The van der Waals surface area contributed by atoms with E-state index in [-0.39, 0.29) is 6.61 Å². The number of pyridine rings is 1. The third kappa shape index (κ3) is 1.78. The summed E-state index contributed by atoms with van der Waals surface area (Å²) in [5, 5.41) is 10.2. The molecule has 0 radical (unpaired) electrons. The van der Waals surface area contributed by atoms with Crippen molar-refractivity contribution in [2.24, 2.45) is 5.92 Å². The number of benzene rings is 1. The average molecular weight is 243 g/mol. The Bertz CT molecular complexity index is 570. The maximum Gasteiger partial charge on any atom is 0.0724 e. The fourth-order valence-electron chi connectivity index (χ4n) is 2.64. The third-order valence-corrected chi connectivity index (χ3v) is 3.69. The number of nitrogens with two attached hydrogens (primary N) is 1. The monoisotopic (exact) mass is 243 g/mol. The molecule has 0 amide bonds. The molecule has 1 fully saturated rings. The molecule has 0 bridgehead atoms. The second-order valence-electron chi connectivity index (χ2n) is 4.85. The standard InChI is InChI=1S/C14H17N3O/c15-14-11-2-1-6-16-12(11)3-4-13(14)17-7-5-10(8-17)9-18/h1-4,6,10,18H,5,7-9,15H2. The maximum atomic E-state index is 9.20. The number of hydrogen-bond donors (Lipinski definition) is 2. The molecule has 2 aromatic rings. The van der Waals surface area contributed by atoms with E-state index < -0.39 is 0 Å². The van der Waals surface area contributed by atoms with E-state index in [4.69, 9.17) is 5.73 Å². The van der Waals surface area contributed by atoms with Crippen LogP contribution in [-0.4, -0.2) is 29.8 Å². The molecule has 1 saturated heterocycles. The molecule has 1 unspecified atom stereocenters. The molecular weight excluding hydrogens is 226 g/mol. The van der Waals surface area contributed by atoms with Gasteiger partial charge in [-0.1, -0.05) is 0 Å². The predicted octanol–water partition coefficient (Wildman–Crippen LogP) is 1.64. The quantitative estimate of drug-likeness (QED) is 0.787. The lowest BCUT2D eigenvalue weighted by molar-refractivity contribution is 0.238. The molecule has 0 spiro atoms. The van der Waals surface area contributed by atoms with Crippen molar-refractivity contribution >= 4 is 22.3 Å². The van der Waals surface area contributed by atoms with Gasteiger partial charge in [0.2, 0.25) is 0 Å². The van der Waals surface area contributed by atoms with Crippen molar-refractivity contribution in [1.82, 2.24) is 4.98 Å². The van der Waals surface area contributed by atoms with Gasteiger partial charge in [-0.05, 0) is 30.7 Å². The first-order chi connectivity index (χ1) is 8.79. The highest BCUT2D eigenvalue weighted by Crippen LogP contribution is 2.33. The largest absolute Gasteiger partial charge is 0.396 e. The summed E-state index contributed by atoms with van der Waals surface area (Å²) < 4.78 is 0. The van der Waals surface area contributed by atoms with Crippen LogP contribution in [0, 0.1) is 5.92 Å². The van der Waals surface area contributed by atoms with Crippen LogP contribution in [0.25, 0.3) is 10.9 Å². The van der Waals surface area contributed by atoms with Gasteiger partial charge in [-0.2, -0.15) is 0 Å². The zero-order valence-electron chi connectivity index (χ0n) is 10.2. The van der Waals surface area contributed by atoms with E-state index in [1.165, 1.54) is 0 Å². The minimum Gasteiger partial charge on any atom is -0.396 e. The van der Waals surface area contributed by atoms with Crippen LogP contribution in [0.3, 0.4) is 0 Å². The Kier molecular flexibility index (Phi) is 2.80. The molecule has 2 heterocycles. The summed E-state index contributed by atoms with van der Waals surface area (Å²) in [5.41, 5.74) is 9.02. The molecular formula is C14H17N3O. The topological polar surface area (TPSA) is 62.4 Å². The summed E-state index contributed by atoms with van der Waals surface area (Å²) in [4.78, 5) is 6.56. The third-order valence-electron chi connectivity index (χ3n) is 3.69. The van der Waals surface area contributed by atoms with Crippen LogP contribution in [0.1, 0.15) is 6.42 Å². The van der Waals surface area contributed by atoms with Gasteiger partial charge >= 0.3 is 0 Å². The first-order valence-corrected chi connectivity index (χ1v) is 6.28. The number of nitrogen functional groups attached to an aromatic ring is 1. The van der Waals surface area contributed by atoms with Gasteiger partial charge in [-0.25, -0.2) is 0 Å². The molecule has 1 aromatic carbocycles. The number of anilines is 2. The van der Waals surface area contributed by atoms with Gasteiger partial charge in [0.15, 0.2) is 0 Å². The van der Waals surface area contributed by atoms with Crippen molar-refractivity contribution in [2.45, 2.75) is 6.42 Å². The van der Waals surface area contributed by atoms with Crippen molar-refractivity contribution < 1.29 is 5.11 Å². The lowest BCUT2D eigenvalue weighted by Crippen LogP contribution is -2.21. The van der Waals surface area contributed by atoms with Crippen molar-refractivity contribution in [3.63, 3.8) is 0 Å². The normalized spacial score (nSPS) is 19.6. The SMILES string of the molecule is Nc1c(N2CCC(CO)C2)ccc2ncccc12. The second kappa shape index (κ2) is 4.46. The lowest BCUT2D eigenvalue weighted by atomic mass is 10.1. The lowest BCUT2D eigenvalue weighted by Gasteiger charge is -2.21. The van der Waals surface area contributed by atoms with Crippen molar-refractivity contribution in [3.05, 3.63) is 30.5 Å². The molecule has 3 rings (SSSR count). The van der Waals surface area contributed by atoms with Crippen LogP contribution in [0.15, 0.2) is 30.5 Å². The van der Waals surface area contributed by atoms with E-state index in [0.717, 1.165) is 41.8 Å². The van der Waals surface area contributed by atoms with Gasteiger partial charge in [-0.3, -0.25) is 4.98 Å². The smallest absolute Gasteiger partial charge is 0.0724 e. The van der Waals surface area contributed by atoms with Gasteiger partial charge in [0.05, 0.1) is 16.9 Å². The Balaban J connectivity index is 2.00. The fraction of sp³-hybridized carbons (Fsp3) is 0.357. The van der Waals surface area contributed by atoms with Gasteiger partial charge in [0.1, 0.15) is 0 Å². The van der Waals surface area contributed by atoms with E-state index in [2.05, 4.69) is 9.88 Å². The summed E-state index contributed by atoms with van der Waals surface area (Å²) in [6.07, 6.45) is 2.81. The van der Waals surface area contributed by atoms with E-state index in [9.17, 15) is 5.11 Å². The Labute approximate surface area is 106 Å². The number of nitrogens with zero attached hydrogens (tertiary/aromatic N) is 2. The summed E-state index contributed by atoms with van der Waals surface area (Å²) in [6.45, 7) is 2.10. The number of fused-ring (bicyclic) bond motifs is 1. The zero-order valence-corrected chi connectivity index (χ0v) is 10.2. The Morgan fingerprint density at radius 2 is 2.28 bits per heavy atom. The van der Waals surface area contributed by atoms with Crippen LogP contribution >= 0.6 is 0 Å². The highest BCUT2D eigenvalue weighted by molar-refractivity contribution is 5.97.